The minimum atomic E-state index is -4.72. The van der Waals surface area contributed by atoms with E-state index < -0.39 is 18.3 Å². The molecule has 7 heteroatoms. The first-order valence-corrected chi connectivity index (χ1v) is 7.69. The van der Waals surface area contributed by atoms with Gasteiger partial charge in [0.1, 0.15) is 5.75 Å². The van der Waals surface area contributed by atoms with Crippen LogP contribution in [0.2, 0.25) is 0 Å². The molecule has 2 rings (SSSR count). The molecule has 0 aromatic heterocycles. The van der Waals surface area contributed by atoms with E-state index in [1.54, 1.807) is 6.92 Å². The van der Waals surface area contributed by atoms with Crippen molar-refractivity contribution in [3.05, 3.63) is 65.7 Å². The number of rotatable bonds is 6. The summed E-state index contributed by atoms with van der Waals surface area (Å²) in [5.41, 5.74) is 7.62. The predicted molar refractivity (Wildman–Crippen MR) is 87.5 cm³/mol. The molecule has 4 nitrogen and oxygen atoms in total. The Bertz CT molecular complexity index is 688. The summed E-state index contributed by atoms with van der Waals surface area (Å²) < 4.78 is 40.1. The molecule has 2 aromatic carbocycles. The zero-order valence-electron chi connectivity index (χ0n) is 13.6. The standard InChI is InChI=1S/C18H19F3N2O2/c1-12(16(22)14-5-3-2-4-6-14)17(24)23-11-13-7-9-15(10-8-13)25-18(19,20)21/h2-10,12,16H,11,22H2,1H3,(H,23,24). The van der Waals surface area contributed by atoms with Gasteiger partial charge in [0, 0.05) is 12.6 Å². The number of carbonyl (C=O) groups excluding carboxylic acids is 1. The lowest BCUT2D eigenvalue weighted by molar-refractivity contribution is -0.274. The SMILES string of the molecule is CC(C(=O)NCc1ccc(OC(F)(F)F)cc1)C(N)c1ccccc1. The molecular weight excluding hydrogens is 333 g/mol. The van der Waals surface area contributed by atoms with Crippen LogP contribution in [0.3, 0.4) is 0 Å². The molecule has 25 heavy (non-hydrogen) atoms. The van der Waals surface area contributed by atoms with Gasteiger partial charge in [0.25, 0.3) is 0 Å². The van der Waals surface area contributed by atoms with Crippen molar-refractivity contribution in [3.8, 4) is 5.75 Å². The molecule has 0 saturated heterocycles. The van der Waals surface area contributed by atoms with Gasteiger partial charge in [-0.05, 0) is 23.3 Å². The third kappa shape index (κ3) is 5.79. The summed E-state index contributed by atoms with van der Waals surface area (Å²) in [4.78, 5) is 12.2. The highest BCUT2D eigenvalue weighted by atomic mass is 19.4. The van der Waals surface area contributed by atoms with Crippen LogP contribution in [-0.2, 0) is 11.3 Å². The smallest absolute Gasteiger partial charge is 0.406 e. The van der Waals surface area contributed by atoms with Crippen LogP contribution in [0.1, 0.15) is 24.1 Å². The van der Waals surface area contributed by atoms with Crippen molar-refractivity contribution in [2.24, 2.45) is 11.7 Å². The number of nitrogens with one attached hydrogen (secondary N) is 1. The molecular formula is C18H19F3N2O2. The van der Waals surface area contributed by atoms with Gasteiger partial charge in [0.05, 0.1) is 5.92 Å². The monoisotopic (exact) mass is 352 g/mol. The average Bonchev–Trinajstić information content (AvgIpc) is 2.59. The molecule has 1 amide bonds. The van der Waals surface area contributed by atoms with Crippen molar-refractivity contribution >= 4 is 5.91 Å². The first-order valence-electron chi connectivity index (χ1n) is 7.69. The van der Waals surface area contributed by atoms with Gasteiger partial charge in [-0.25, -0.2) is 0 Å². The van der Waals surface area contributed by atoms with E-state index in [2.05, 4.69) is 10.1 Å². The molecule has 2 unspecified atom stereocenters. The quantitative estimate of drug-likeness (QED) is 0.836. The molecule has 0 fully saturated rings. The highest BCUT2D eigenvalue weighted by Gasteiger charge is 2.31. The van der Waals surface area contributed by atoms with Crippen LogP contribution in [0.4, 0.5) is 13.2 Å². The Morgan fingerprint density at radius 3 is 2.28 bits per heavy atom. The lowest BCUT2D eigenvalue weighted by Crippen LogP contribution is -2.35. The van der Waals surface area contributed by atoms with E-state index in [4.69, 9.17) is 5.73 Å². The van der Waals surface area contributed by atoms with E-state index >= 15 is 0 Å². The van der Waals surface area contributed by atoms with Gasteiger partial charge in [-0.3, -0.25) is 4.79 Å². The number of hydrogen-bond acceptors (Lipinski definition) is 3. The van der Waals surface area contributed by atoms with E-state index in [0.717, 1.165) is 5.56 Å². The van der Waals surface area contributed by atoms with Crippen LogP contribution in [-0.4, -0.2) is 12.3 Å². The van der Waals surface area contributed by atoms with Crippen molar-refractivity contribution in [2.75, 3.05) is 0 Å². The molecule has 0 saturated carbocycles. The molecule has 134 valence electrons. The maximum atomic E-state index is 12.2. The Hall–Kier alpha value is -2.54. The van der Waals surface area contributed by atoms with Gasteiger partial charge in [-0.15, -0.1) is 13.2 Å². The number of amides is 1. The fourth-order valence-corrected chi connectivity index (χ4v) is 2.29. The van der Waals surface area contributed by atoms with Crippen LogP contribution >= 0.6 is 0 Å². The number of benzene rings is 2. The topological polar surface area (TPSA) is 64.3 Å². The van der Waals surface area contributed by atoms with E-state index in [9.17, 15) is 18.0 Å². The fourth-order valence-electron chi connectivity index (χ4n) is 2.29. The average molecular weight is 352 g/mol. The predicted octanol–water partition coefficient (Wildman–Crippen LogP) is 3.54. The third-order valence-corrected chi connectivity index (χ3v) is 3.76. The highest BCUT2D eigenvalue weighted by Crippen LogP contribution is 2.23. The Morgan fingerprint density at radius 2 is 1.72 bits per heavy atom. The molecule has 2 atom stereocenters. The van der Waals surface area contributed by atoms with Crippen LogP contribution in [0.15, 0.2) is 54.6 Å². The van der Waals surface area contributed by atoms with E-state index in [-0.39, 0.29) is 18.2 Å². The van der Waals surface area contributed by atoms with Crippen LogP contribution in [0, 0.1) is 5.92 Å². The number of carbonyl (C=O) groups is 1. The minimum absolute atomic E-state index is 0.191. The maximum Gasteiger partial charge on any atom is 0.573 e. The number of alkyl halides is 3. The zero-order chi connectivity index (χ0) is 18.4. The van der Waals surface area contributed by atoms with Gasteiger partial charge in [0.15, 0.2) is 0 Å². The van der Waals surface area contributed by atoms with E-state index in [1.165, 1.54) is 24.3 Å². The van der Waals surface area contributed by atoms with E-state index in [1.807, 2.05) is 30.3 Å². The number of ether oxygens (including phenoxy) is 1. The molecule has 3 N–H and O–H groups in total. The molecule has 0 bridgehead atoms. The summed E-state index contributed by atoms with van der Waals surface area (Å²) in [6.07, 6.45) is -4.72. The molecule has 0 heterocycles. The molecule has 2 aromatic rings. The Kier molecular flexibility index (Phi) is 6.03. The Balaban J connectivity index is 1.89. The van der Waals surface area contributed by atoms with E-state index in [0.29, 0.717) is 5.56 Å². The maximum absolute atomic E-state index is 12.2. The van der Waals surface area contributed by atoms with Crippen molar-refractivity contribution in [2.45, 2.75) is 25.9 Å². The minimum Gasteiger partial charge on any atom is -0.406 e. The molecule has 0 aliphatic rings. The van der Waals surface area contributed by atoms with Gasteiger partial charge in [0.2, 0.25) is 5.91 Å². The van der Waals surface area contributed by atoms with Crippen LogP contribution in [0.5, 0.6) is 5.75 Å². The fraction of sp³-hybridized carbons (Fsp3) is 0.278. The third-order valence-electron chi connectivity index (χ3n) is 3.76. The molecule has 0 aliphatic heterocycles. The van der Waals surface area contributed by atoms with Crippen molar-refractivity contribution in [1.82, 2.24) is 5.32 Å². The number of hydrogen-bond donors (Lipinski definition) is 2. The second-order valence-electron chi connectivity index (χ2n) is 5.63. The molecule has 0 radical (unpaired) electrons. The first-order chi connectivity index (χ1) is 11.8. The van der Waals surface area contributed by atoms with Gasteiger partial charge in [-0.2, -0.15) is 0 Å². The Morgan fingerprint density at radius 1 is 1.12 bits per heavy atom. The highest BCUT2D eigenvalue weighted by molar-refractivity contribution is 5.79. The largest absolute Gasteiger partial charge is 0.573 e. The second-order valence-corrected chi connectivity index (χ2v) is 5.63. The van der Waals surface area contributed by atoms with Crippen molar-refractivity contribution < 1.29 is 22.7 Å². The molecule has 0 aliphatic carbocycles. The van der Waals surface area contributed by atoms with Crippen molar-refractivity contribution in [3.63, 3.8) is 0 Å². The summed E-state index contributed by atoms with van der Waals surface area (Å²) in [5.74, 6) is -0.982. The van der Waals surface area contributed by atoms with Gasteiger partial charge < -0.3 is 15.8 Å². The number of halogens is 3. The Labute approximate surface area is 143 Å². The van der Waals surface area contributed by atoms with Crippen LogP contribution < -0.4 is 15.8 Å². The zero-order valence-corrected chi connectivity index (χ0v) is 13.6. The summed E-state index contributed by atoms with van der Waals surface area (Å²) in [6.45, 7) is 1.92. The summed E-state index contributed by atoms with van der Waals surface area (Å²) in [7, 11) is 0. The normalized spacial score (nSPS) is 13.8. The lowest BCUT2D eigenvalue weighted by atomic mass is 9.94. The van der Waals surface area contributed by atoms with Gasteiger partial charge >= 0.3 is 6.36 Å². The molecule has 0 spiro atoms. The summed E-state index contributed by atoms with van der Waals surface area (Å²) >= 11 is 0. The first kappa shape index (κ1) is 18.8. The van der Waals surface area contributed by atoms with Crippen molar-refractivity contribution in [1.29, 1.82) is 0 Å². The summed E-state index contributed by atoms with van der Waals surface area (Å²) in [6, 6.07) is 14.2. The lowest BCUT2D eigenvalue weighted by Gasteiger charge is -2.20. The summed E-state index contributed by atoms with van der Waals surface area (Å²) in [5, 5.41) is 2.74. The van der Waals surface area contributed by atoms with Gasteiger partial charge in [-0.1, -0.05) is 49.4 Å². The second kappa shape index (κ2) is 8.02. The van der Waals surface area contributed by atoms with Crippen LogP contribution in [0.25, 0.3) is 0 Å². The number of nitrogens with two attached hydrogens (primary N) is 1.